The van der Waals surface area contributed by atoms with Crippen LogP contribution in [-0.2, 0) is 10.0 Å². The number of sulfonamides is 1. The average molecular weight is 335 g/mol. The van der Waals surface area contributed by atoms with Gasteiger partial charge >= 0.3 is 0 Å². The summed E-state index contributed by atoms with van der Waals surface area (Å²) in [5.74, 6) is 0.626. The van der Waals surface area contributed by atoms with Crippen molar-refractivity contribution in [2.45, 2.75) is 36.6 Å². The van der Waals surface area contributed by atoms with Gasteiger partial charge in [0.05, 0.1) is 11.1 Å². The van der Waals surface area contributed by atoms with Gasteiger partial charge in [0.25, 0.3) is 0 Å². The number of rotatable bonds is 5. The first-order chi connectivity index (χ1) is 11.1. The number of nitrogens with zero attached hydrogens (tertiary/aromatic N) is 1. The van der Waals surface area contributed by atoms with Crippen LogP contribution in [0.4, 0.5) is 0 Å². The van der Waals surface area contributed by atoms with Crippen molar-refractivity contribution in [3.05, 3.63) is 36.5 Å². The van der Waals surface area contributed by atoms with Crippen LogP contribution < -0.4 is 10.5 Å². The second kappa shape index (κ2) is 6.82. The maximum atomic E-state index is 12.9. The lowest BCUT2D eigenvalue weighted by atomic mass is 9.85. The third-order valence-corrected chi connectivity index (χ3v) is 5.95. The number of nitrogens with two attached hydrogens (primary N) is 1. The van der Waals surface area contributed by atoms with Crippen molar-refractivity contribution >= 4 is 10.0 Å². The maximum absolute atomic E-state index is 12.9. The van der Waals surface area contributed by atoms with Gasteiger partial charge in [-0.15, -0.1) is 0 Å². The third kappa shape index (κ3) is 3.46. The molecule has 6 nitrogen and oxygen atoms in total. The van der Waals surface area contributed by atoms with Crippen LogP contribution in [0.2, 0.25) is 0 Å². The molecule has 3 N–H and O–H groups in total. The first-order valence-electron chi connectivity index (χ1n) is 7.84. The maximum Gasteiger partial charge on any atom is 0.241 e. The van der Waals surface area contributed by atoms with Crippen LogP contribution in [0.3, 0.4) is 0 Å². The molecule has 2 atom stereocenters. The normalized spacial score (nSPS) is 22.1. The lowest BCUT2D eigenvalue weighted by Gasteiger charge is -2.31. The highest BCUT2D eigenvalue weighted by Crippen LogP contribution is 2.29. The van der Waals surface area contributed by atoms with Gasteiger partial charge in [0.15, 0.2) is 5.76 Å². The molecule has 0 amide bonds. The van der Waals surface area contributed by atoms with Crippen molar-refractivity contribution < 1.29 is 12.9 Å². The van der Waals surface area contributed by atoms with Gasteiger partial charge in [-0.3, -0.25) is 0 Å². The molecule has 1 aliphatic rings. The molecule has 1 heterocycles. The van der Waals surface area contributed by atoms with Gasteiger partial charge in [0.2, 0.25) is 10.0 Å². The van der Waals surface area contributed by atoms with E-state index in [1.807, 2.05) is 0 Å². The SMILES string of the molecule is NCC1CCCCC1NS(=O)(=O)c1ccccc1-c1ccno1. The van der Waals surface area contributed by atoms with Gasteiger partial charge in [-0.1, -0.05) is 30.1 Å². The molecule has 23 heavy (non-hydrogen) atoms. The molecule has 0 aliphatic heterocycles. The van der Waals surface area contributed by atoms with Crippen LogP contribution in [0.25, 0.3) is 11.3 Å². The third-order valence-electron chi connectivity index (χ3n) is 4.40. The Kier molecular flexibility index (Phi) is 4.79. The molecule has 2 unspecified atom stereocenters. The van der Waals surface area contributed by atoms with Gasteiger partial charge < -0.3 is 10.3 Å². The predicted molar refractivity (Wildman–Crippen MR) is 87.1 cm³/mol. The summed E-state index contributed by atoms with van der Waals surface area (Å²) in [5, 5.41) is 3.66. The summed E-state index contributed by atoms with van der Waals surface area (Å²) in [6.07, 6.45) is 5.42. The van der Waals surface area contributed by atoms with Crippen LogP contribution in [-0.4, -0.2) is 26.2 Å². The Balaban J connectivity index is 1.91. The standard InChI is InChI=1S/C16H21N3O3S/c17-11-12-5-1-3-7-14(12)19-23(20,21)16-8-4-2-6-13(16)15-9-10-18-22-15/h2,4,6,8-10,12,14,19H,1,3,5,7,11,17H2. The molecule has 0 radical (unpaired) electrons. The Morgan fingerprint density at radius 2 is 2.00 bits per heavy atom. The zero-order valence-corrected chi connectivity index (χ0v) is 13.6. The van der Waals surface area contributed by atoms with Gasteiger partial charge in [-0.25, -0.2) is 13.1 Å². The van der Waals surface area contributed by atoms with Crippen molar-refractivity contribution in [3.63, 3.8) is 0 Å². The topological polar surface area (TPSA) is 98.2 Å². The van der Waals surface area contributed by atoms with E-state index < -0.39 is 10.0 Å². The first kappa shape index (κ1) is 16.2. The van der Waals surface area contributed by atoms with Crippen molar-refractivity contribution in [2.75, 3.05) is 6.54 Å². The summed E-state index contributed by atoms with van der Waals surface area (Å²) in [4.78, 5) is 0.207. The Hall–Kier alpha value is -1.70. The van der Waals surface area contributed by atoms with Crippen molar-refractivity contribution in [1.82, 2.24) is 9.88 Å². The molecule has 1 aromatic carbocycles. The number of nitrogens with one attached hydrogen (secondary N) is 1. The highest BCUT2D eigenvalue weighted by Gasteiger charge is 2.30. The van der Waals surface area contributed by atoms with E-state index in [1.54, 1.807) is 30.3 Å². The van der Waals surface area contributed by atoms with E-state index in [9.17, 15) is 8.42 Å². The highest BCUT2D eigenvalue weighted by atomic mass is 32.2. The number of aromatic nitrogens is 1. The molecule has 7 heteroatoms. The molecule has 0 saturated heterocycles. The molecule has 1 saturated carbocycles. The van der Waals surface area contributed by atoms with E-state index in [4.69, 9.17) is 10.3 Å². The molecule has 3 rings (SSSR count). The molecule has 0 spiro atoms. The summed E-state index contributed by atoms with van der Waals surface area (Å²) in [5.41, 5.74) is 6.31. The number of hydrogen-bond donors (Lipinski definition) is 2. The fourth-order valence-corrected chi connectivity index (χ4v) is 4.72. The Labute approximate surface area is 136 Å². The summed E-state index contributed by atoms with van der Waals surface area (Å²) in [7, 11) is -3.65. The van der Waals surface area contributed by atoms with E-state index in [0.29, 0.717) is 17.9 Å². The second-order valence-electron chi connectivity index (χ2n) is 5.88. The van der Waals surface area contributed by atoms with E-state index in [-0.39, 0.29) is 16.9 Å². The quantitative estimate of drug-likeness (QED) is 0.872. The molecule has 1 aliphatic carbocycles. The molecule has 0 bridgehead atoms. The van der Waals surface area contributed by atoms with E-state index >= 15 is 0 Å². The van der Waals surface area contributed by atoms with Gasteiger partial charge in [-0.05, 0) is 37.4 Å². The largest absolute Gasteiger partial charge is 0.356 e. The van der Waals surface area contributed by atoms with Crippen LogP contribution in [0, 0.1) is 5.92 Å². The minimum absolute atomic E-state index is 0.110. The zero-order chi connectivity index (χ0) is 16.3. The fourth-order valence-electron chi connectivity index (χ4n) is 3.17. The summed E-state index contributed by atoms with van der Waals surface area (Å²) >= 11 is 0. The van der Waals surface area contributed by atoms with Crippen molar-refractivity contribution in [1.29, 1.82) is 0 Å². The second-order valence-corrected chi connectivity index (χ2v) is 7.56. The minimum Gasteiger partial charge on any atom is -0.356 e. The highest BCUT2D eigenvalue weighted by molar-refractivity contribution is 7.89. The van der Waals surface area contributed by atoms with E-state index in [2.05, 4.69) is 9.88 Å². The Bertz CT molecular complexity index is 744. The minimum atomic E-state index is -3.65. The lowest BCUT2D eigenvalue weighted by molar-refractivity contribution is 0.296. The molecule has 1 aromatic heterocycles. The van der Waals surface area contributed by atoms with Crippen LogP contribution in [0.1, 0.15) is 25.7 Å². The van der Waals surface area contributed by atoms with Gasteiger partial charge in [0, 0.05) is 17.7 Å². The lowest BCUT2D eigenvalue weighted by Crippen LogP contribution is -2.44. The van der Waals surface area contributed by atoms with Gasteiger partial charge in [0.1, 0.15) is 0 Å². The molecule has 124 valence electrons. The Morgan fingerprint density at radius 1 is 1.22 bits per heavy atom. The van der Waals surface area contributed by atoms with Crippen molar-refractivity contribution in [3.8, 4) is 11.3 Å². The first-order valence-corrected chi connectivity index (χ1v) is 9.32. The summed E-state index contributed by atoms with van der Waals surface area (Å²) in [6.45, 7) is 0.497. The smallest absolute Gasteiger partial charge is 0.241 e. The Morgan fingerprint density at radius 3 is 2.74 bits per heavy atom. The zero-order valence-electron chi connectivity index (χ0n) is 12.8. The van der Waals surface area contributed by atoms with Crippen LogP contribution in [0.5, 0.6) is 0 Å². The summed E-state index contributed by atoms with van der Waals surface area (Å²) < 4.78 is 33.7. The van der Waals surface area contributed by atoms with Crippen molar-refractivity contribution in [2.24, 2.45) is 11.7 Å². The van der Waals surface area contributed by atoms with Crippen LogP contribution >= 0.6 is 0 Å². The van der Waals surface area contributed by atoms with Gasteiger partial charge in [-0.2, -0.15) is 0 Å². The summed E-state index contributed by atoms with van der Waals surface area (Å²) in [6, 6.07) is 8.33. The van der Waals surface area contributed by atoms with E-state index in [0.717, 1.165) is 25.7 Å². The van der Waals surface area contributed by atoms with E-state index in [1.165, 1.54) is 6.20 Å². The molecular formula is C16H21N3O3S. The molecule has 2 aromatic rings. The average Bonchev–Trinajstić information content (AvgIpc) is 3.09. The monoisotopic (exact) mass is 335 g/mol. The molecular weight excluding hydrogens is 314 g/mol. The predicted octanol–water partition coefficient (Wildman–Crippen LogP) is 2.14. The van der Waals surface area contributed by atoms with Crippen LogP contribution in [0.15, 0.2) is 45.9 Å². The molecule has 1 fully saturated rings. The number of benzene rings is 1. The number of hydrogen-bond acceptors (Lipinski definition) is 5. The fraction of sp³-hybridized carbons (Fsp3) is 0.438.